The second kappa shape index (κ2) is 6.74. The fourth-order valence-corrected chi connectivity index (χ4v) is 3.51. The van der Waals surface area contributed by atoms with Gasteiger partial charge in [0.2, 0.25) is 0 Å². The molecule has 0 aromatic heterocycles. The number of carboxylic acids is 1. The maximum atomic E-state index is 11.2. The molecule has 0 radical (unpaired) electrons. The SMILES string of the molecule is CCC(C)N(CC(=O)O)C1CCCCC1C(C)(C)C. The van der Waals surface area contributed by atoms with Gasteiger partial charge in [-0.3, -0.25) is 9.69 Å². The molecule has 0 spiro atoms. The Morgan fingerprint density at radius 2 is 1.89 bits per heavy atom. The van der Waals surface area contributed by atoms with Crippen molar-refractivity contribution in [3.05, 3.63) is 0 Å². The highest BCUT2D eigenvalue weighted by molar-refractivity contribution is 5.69. The molecule has 0 heterocycles. The lowest BCUT2D eigenvalue weighted by Gasteiger charge is -2.47. The topological polar surface area (TPSA) is 40.5 Å². The van der Waals surface area contributed by atoms with Gasteiger partial charge in [0.05, 0.1) is 6.54 Å². The summed E-state index contributed by atoms with van der Waals surface area (Å²) in [4.78, 5) is 13.4. The van der Waals surface area contributed by atoms with E-state index in [2.05, 4.69) is 39.5 Å². The summed E-state index contributed by atoms with van der Waals surface area (Å²) in [6, 6.07) is 0.781. The number of aliphatic carboxylic acids is 1. The van der Waals surface area contributed by atoms with Crippen LogP contribution >= 0.6 is 0 Å². The number of hydrogen-bond acceptors (Lipinski definition) is 2. The van der Waals surface area contributed by atoms with Gasteiger partial charge in [0.25, 0.3) is 0 Å². The average Bonchev–Trinajstić information content (AvgIpc) is 2.34. The van der Waals surface area contributed by atoms with Crippen LogP contribution in [0.15, 0.2) is 0 Å². The van der Waals surface area contributed by atoms with Crippen molar-refractivity contribution in [3.8, 4) is 0 Å². The van der Waals surface area contributed by atoms with E-state index in [-0.39, 0.29) is 12.0 Å². The molecule has 3 nitrogen and oxygen atoms in total. The van der Waals surface area contributed by atoms with Crippen LogP contribution in [-0.2, 0) is 4.79 Å². The summed E-state index contributed by atoms with van der Waals surface area (Å²) in [5.41, 5.74) is 0.259. The maximum Gasteiger partial charge on any atom is 0.317 e. The van der Waals surface area contributed by atoms with Gasteiger partial charge in [0, 0.05) is 12.1 Å². The highest BCUT2D eigenvalue weighted by atomic mass is 16.4. The quantitative estimate of drug-likeness (QED) is 0.825. The van der Waals surface area contributed by atoms with Gasteiger partial charge in [-0.25, -0.2) is 0 Å². The van der Waals surface area contributed by atoms with Gasteiger partial charge in [-0.2, -0.15) is 0 Å². The smallest absolute Gasteiger partial charge is 0.317 e. The number of nitrogens with zero attached hydrogens (tertiary/aromatic N) is 1. The molecular weight excluding hydrogens is 238 g/mol. The third kappa shape index (κ3) is 4.48. The van der Waals surface area contributed by atoms with Crippen LogP contribution < -0.4 is 0 Å². The van der Waals surface area contributed by atoms with Crippen LogP contribution in [0.4, 0.5) is 0 Å². The third-order valence-electron chi connectivity index (χ3n) is 4.74. The first kappa shape index (κ1) is 16.5. The van der Waals surface area contributed by atoms with E-state index < -0.39 is 5.97 Å². The fraction of sp³-hybridized carbons (Fsp3) is 0.938. The molecule has 3 unspecified atom stereocenters. The van der Waals surface area contributed by atoms with Crippen LogP contribution in [0.25, 0.3) is 0 Å². The zero-order valence-electron chi connectivity index (χ0n) is 13.3. The number of carboxylic acid groups (broad SMARTS) is 1. The molecule has 0 saturated heterocycles. The van der Waals surface area contributed by atoms with Gasteiger partial charge in [-0.15, -0.1) is 0 Å². The lowest BCUT2D eigenvalue weighted by atomic mass is 9.69. The Morgan fingerprint density at radius 1 is 1.32 bits per heavy atom. The number of rotatable bonds is 5. The highest BCUT2D eigenvalue weighted by Crippen LogP contribution is 2.41. The lowest BCUT2D eigenvalue weighted by Crippen LogP contribution is -2.52. The number of carbonyl (C=O) groups is 1. The fourth-order valence-electron chi connectivity index (χ4n) is 3.51. The first-order valence-electron chi connectivity index (χ1n) is 7.75. The lowest BCUT2D eigenvalue weighted by molar-refractivity contribution is -0.140. The monoisotopic (exact) mass is 269 g/mol. The molecule has 19 heavy (non-hydrogen) atoms. The highest BCUT2D eigenvalue weighted by Gasteiger charge is 2.38. The predicted molar refractivity (Wildman–Crippen MR) is 79.3 cm³/mol. The van der Waals surface area contributed by atoms with Crippen molar-refractivity contribution in [2.45, 2.75) is 78.8 Å². The first-order chi connectivity index (χ1) is 8.77. The molecule has 1 N–H and O–H groups in total. The average molecular weight is 269 g/mol. The summed E-state index contributed by atoms with van der Waals surface area (Å²) in [7, 11) is 0. The summed E-state index contributed by atoms with van der Waals surface area (Å²) in [5, 5.41) is 9.21. The van der Waals surface area contributed by atoms with Gasteiger partial charge in [-0.1, -0.05) is 40.5 Å². The Kier molecular flexibility index (Phi) is 5.84. The van der Waals surface area contributed by atoms with Crippen LogP contribution in [0.5, 0.6) is 0 Å². The second-order valence-electron chi connectivity index (χ2n) is 7.15. The Balaban J connectivity index is 2.92. The minimum Gasteiger partial charge on any atom is -0.480 e. The second-order valence-corrected chi connectivity index (χ2v) is 7.15. The summed E-state index contributed by atoms with van der Waals surface area (Å²) in [6.07, 6.45) is 5.94. The summed E-state index contributed by atoms with van der Waals surface area (Å²) in [6.45, 7) is 11.4. The minimum absolute atomic E-state index is 0.187. The van der Waals surface area contributed by atoms with Gasteiger partial charge in [-0.05, 0) is 37.5 Å². The molecule has 1 rings (SSSR count). The van der Waals surface area contributed by atoms with Gasteiger partial charge < -0.3 is 5.11 Å². The molecule has 0 amide bonds. The van der Waals surface area contributed by atoms with Gasteiger partial charge in [0.1, 0.15) is 0 Å². The van der Waals surface area contributed by atoms with Crippen LogP contribution in [-0.4, -0.2) is 34.6 Å². The normalized spacial score (nSPS) is 26.4. The van der Waals surface area contributed by atoms with Crippen molar-refractivity contribution >= 4 is 5.97 Å². The molecule has 112 valence electrons. The molecule has 3 atom stereocenters. The van der Waals surface area contributed by atoms with E-state index in [4.69, 9.17) is 0 Å². The Morgan fingerprint density at radius 3 is 2.37 bits per heavy atom. The Labute approximate surface area is 118 Å². The number of hydrogen-bond donors (Lipinski definition) is 1. The van der Waals surface area contributed by atoms with E-state index in [1.807, 2.05) is 0 Å². The Hall–Kier alpha value is -0.570. The van der Waals surface area contributed by atoms with Crippen LogP contribution in [0, 0.1) is 11.3 Å². The molecule has 1 aliphatic carbocycles. The largest absolute Gasteiger partial charge is 0.480 e. The summed E-state index contributed by atoms with van der Waals surface area (Å²) >= 11 is 0. The summed E-state index contributed by atoms with van der Waals surface area (Å²) in [5.74, 6) is -0.0897. The van der Waals surface area contributed by atoms with Crippen molar-refractivity contribution in [1.29, 1.82) is 0 Å². The third-order valence-corrected chi connectivity index (χ3v) is 4.74. The van der Waals surface area contributed by atoms with Gasteiger partial charge in [0.15, 0.2) is 0 Å². The van der Waals surface area contributed by atoms with Crippen molar-refractivity contribution < 1.29 is 9.90 Å². The van der Waals surface area contributed by atoms with E-state index in [1.54, 1.807) is 0 Å². The molecule has 0 aromatic rings. The minimum atomic E-state index is -0.696. The zero-order valence-corrected chi connectivity index (χ0v) is 13.3. The van der Waals surface area contributed by atoms with Crippen molar-refractivity contribution in [3.63, 3.8) is 0 Å². The Bertz CT molecular complexity index is 296. The van der Waals surface area contributed by atoms with Crippen LogP contribution in [0.3, 0.4) is 0 Å². The van der Waals surface area contributed by atoms with E-state index in [9.17, 15) is 9.90 Å². The molecule has 0 bridgehead atoms. The van der Waals surface area contributed by atoms with E-state index >= 15 is 0 Å². The maximum absolute atomic E-state index is 11.2. The van der Waals surface area contributed by atoms with Crippen molar-refractivity contribution in [2.75, 3.05) is 6.54 Å². The van der Waals surface area contributed by atoms with Crippen LogP contribution in [0.1, 0.15) is 66.7 Å². The van der Waals surface area contributed by atoms with E-state index in [1.165, 1.54) is 19.3 Å². The van der Waals surface area contributed by atoms with E-state index in [0.717, 1.165) is 12.8 Å². The molecule has 1 fully saturated rings. The van der Waals surface area contributed by atoms with Crippen molar-refractivity contribution in [1.82, 2.24) is 4.90 Å². The molecule has 0 aliphatic heterocycles. The molecule has 3 heteroatoms. The van der Waals surface area contributed by atoms with Gasteiger partial charge >= 0.3 is 5.97 Å². The van der Waals surface area contributed by atoms with E-state index in [0.29, 0.717) is 18.0 Å². The molecule has 0 aromatic carbocycles. The zero-order chi connectivity index (χ0) is 14.6. The predicted octanol–water partition coefficient (Wildman–Crippen LogP) is 3.78. The standard InChI is InChI=1S/C16H31NO2/c1-6-12(2)17(11-15(18)19)14-10-8-7-9-13(14)16(3,4)5/h12-14H,6-11H2,1-5H3,(H,18,19). The van der Waals surface area contributed by atoms with Crippen molar-refractivity contribution in [2.24, 2.45) is 11.3 Å². The molecule has 1 aliphatic rings. The molecular formula is C16H31NO2. The first-order valence-corrected chi connectivity index (χ1v) is 7.75. The summed E-state index contributed by atoms with van der Waals surface area (Å²) < 4.78 is 0. The molecule has 1 saturated carbocycles. The van der Waals surface area contributed by atoms with Crippen LogP contribution in [0.2, 0.25) is 0 Å².